The Bertz CT molecular complexity index is 1090. The van der Waals surface area contributed by atoms with Gasteiger partial charge in [0.1, 0.15) is 11.9 Å². The van der Waals surface area contributed by atoms with Crippen molar-refractivity contribution < 1.29 is 14.3 Å². The lowest BCUT2D eigenvalue weighted by atomic mass is 10.2. The first-order chi connectivity index (χ1) is 15.9. The largest absolute Gasteiger partial charge is 0.493 e. The monoisotopic (exact) mass is 472 g/mol. The van der Waals surface area contributed by atoms with Crippen molar-refractivity contribution in [2.45, 2.75) is 19.4 Å². The van der Waals surface area contributed by atoms with Gasteiger partial charge in [0, 0.05) is 50.5 Å². The van der Waals surface area contributed by atoms with Crippen molar-refractivity contribution in [2.24, 2.45) is 14.1 Å². The highest BCUT2D eigenvalue weighted by Gasteiger charge is 2.26. The molecule has 1 aliphatic rings. The first-order valence-electron chi connectivity index (χ1n) is 10.9. The van der Waals surface area contributed by atoms with Gasteiger partial charge in [-0.3, -0.25) is 19.1 Å². The van der Waals surface area contributed by atoms with Crippen molar-refractivity contribution in [2.75, 3.05) is 38.2 Å². The SMILES string of the molecule is Cc1nn(C)cc1NC(=O)CN1CCOC(c2cc(CCOc3ccc(Cl)cc3)n(C)n2)C1. The van der Waals surface area contributed by atoms with Crippen LogP contribution in [-0.4, -0.2) is 63.2 Å². The van der Waals surface area contributed by atoms with Gasteiger partial charge in [-0.05, 0) is 37.3 Å². The minimum Gasteiger partial charge on any atom is -0.493 e. The number of anilines is 1. The summed E-state index contributed by atoms with van der Waals surface area (Å²) >= 11 is 5.91. The molecule has 3 aromatic rings. The van der Waals surface area contributed by atoms with E-state index in [9.17, 15) is 4.79 Å². The highest BCUT2D eigenvalue weighted by molar-refractivity contribution is 6.30. The molecule has 1 aromatic carbocycles. The number of nitrogens with one attached hydrogen (secondary N) is 1. The first kappa shape index (κ1) is 23.3. The molecule has 0 radical (unpaired) electrons. The summed E-state index contributed by atoms with van der Waals surface area (Å²) in [5.41, 5.74) is 3.46. The Labute approximate surface area is 198 Å². The normalized spacial score (nSPS) is 16.7. The smallest absolute Gasteiger partial charge is 0.238 e. The second-order valence-corrected chi connectivity index (χ2v) is 8.62. The molecule has 3 heterocycles. The fraction of sp³-hybridized carbons (Fsp3) is 0.435. The standard InChI is InChI=1S/C23H29ClN6O3/c1-16-21(13-28(2)26-16)25-23(31)15-30-9-11-33-22(14-30)20-12-18(29(3)27-20)8-10-32-19-6-4-17(24)5-7-19/h4-7,12-13,22H,8-11,14-15H2,1-3H3,(H,25,31). The summed E-state index contributed by atoms with van der Waals surface area (Å²) in [6.07, 6.45) is 2.35. The molecule has 33 heavy (non-hydrogen) atoms. The van der Waals surface area contributed by atoms with Gasteiger partial charge < -0.3 is 14.8 Å². The predicted octanol–water partition coefficient (Wildman–Crippen LogP) is 2.75. The molecule has 0 saturated carbocycles. The molecule has 1 fully saturated rings. The number of aromatic nitrogens is 4. The third-order valence-corrected chi connectivity index (χ3v) is 5.82. The number of nitrogens with zero attached hydrogens (tertiary/aromatic N) is 5. The molecular weight excluding hydrogens is 444 g/mol. The lowest BCUT2D eigenvalue weighted by Gasteiger charge is -2.31. The van der Waals surface area contributed by atoms with Gasteiger partial charge in [-0.15, -0.1) is 0 Å². The number of carbonyl (C=O) groups excluding carboxylic acids is 1. The number of halogens is 1. The summed E-state index contributed by atoms with van der Waals surface area (Å²) in [6.45, 7) is 4.56. The van der Waals surface area contributed by atoms with E-state index < -0.39 is 0 Å². The van der Waals surface area contributed by atoms with Gasteiger partial charge in [0.05, 0.1) is 36.8 Å². The number of aryl methyl sites for hydroxylation is 3. The van der Waals surface area contributed by atoms with E-state index in [1.54, 1.807) is 10.9 Å². The van der Waals surface area contributed by atoms with Crippen LogP contribution in [0, 0.1) is 6.92 Å². The Balaban J connectivity index is 1.30. The average Bonchev–Trinajstić information content (AvgIpc) is 3.30. The van der Waals surface area contributed by atoms with E-state index in [4.69, 9.17) is 21.1 Å². The van der Waals surface area contributed by atoms with E-state index in [2.05, 4.69) is 26.5 Å². The van der Waals surface area contributed by atoms with Gasteiger partial charge in [0.25, 0.3) is 0 Å². The molecule has 1 amide bonds. The Morgan fingerprint density at radius 3 is 2.79 bits per heavy atom. The predicted molar refractivity (Wildman–Crippen MR) is 126 cm³/mol. The molecule has 10 heteroatoms. The van der Waals surface area contributed by atoms with Gasteiger partial charge in [0.2, 0.25) is 5.91 Å². The van der Waals surface area contributed by atoms with E-state index in [1.165, 1.54) is 0 Å². The van der Waals surface area contributed by atoms with Gasteiger partial charge >= 0.3 is 0 Å². The number of hydrogen-bond donors (Lipinski definition) is 1. The Hall–Kier alpha value is -2.88. The van der Waals surface area contributed by atoms with Crippen molar-refractivity contribution in [1.82, 2.24) is 24.5 Å². The molecule has 4 rings (SSSR count). The molecule has 9 nitrogen and oxygen atoms in total. The molecule has 1 saturated heterocycles. The number of amides is 1. The van der Waals surface area contributed by atoms with Crippen LogP contribution in [0.1, 0.15) is 23.2 Å². The second kappa shape index (κ2) is 10.4. The van der Waals surface area contributed by atoms with Crippen LogP contribution < -0.4 is 10.1 Å². The number of hydrogen-bond acceptors (Lipinski definition) is 6. The van der Waals surface area contributed by atoms with E-state index in [1.807, 2.05) is 50.0 Å². The molecular formula is C23H29ClN6O3. The molecule has 2 aromatic heterocycles. The summed E-state index contributed by atoms with van der Waals surface area (Å²) in [5.74, 6) is 0.723. The molecule has 1 N–H and O–H groups in total. The maximum absolute atomic E-state index is 12.5. The molecule has 1 unspecified atom stereocenters. The lowest BCUT2D eigenvalue weighted by Crippen LogP contribution is -2.42. The minimum atomic E-state index is -0.177. The van der Waals surface area contributed by atoms with E-state index >= 15 is 0 Å². The maximum atomic E-state index is 12.5. The van der Waals surface area contributed by atoms with Gasteiger partial charge in [0.15, 0.2) is 0 Å². The van der Waals surface area contributed by atoms with E-state index in [0.717, 1.165) is 34.9 Å². The van der Waals surface area contributed by atoms with Crippen LogP contribution in [0.4, 0.5) is 5.69 Å². The van der Waals surface area contributed by atoms with Crippen LogP contribution in [0.5, 0.6) is 5.75 Å². The molecule has 0 bridgehead atoms. The minimum absolute atomic E-state index is 0.0622. The van der Waals surface area contributed by atoms with Crippen LogP contribution >= 0.6 is 11.6 Å². The lowest BCUT2D eigenvalue weighted by molar-refractivity contribution is -0.119. The van der Waals surface area contributed by atoms with Gasteiger partial charge in [-0.2, -0.15) is 10.2 Å². The van der Waals surface area contributed by atoms with Crippen molar-refractivity contribution in [3.05, 3.63) is 58.6 Å². The van der Waals surface area contributed by atoms with Crippen molar-refractivity contribution in [1.29, 1.82) is 0 Å². The molecule has 0 spiro atoms. The molecule has 1 aliphatic heterocycles. The Morgan fingerprint density at radius 2 is 2.06 bits per heavy atom. The molecule has 0 aliphatic carbocycles. The third-order valence-electron chi connectivity index (χ3n) is 5.57. The molecule has 176 valence electrons. The quantitative estimate of drug-likeness (QED) is 0.542. The number of benzene rings is 1. The van der Waals surface area contributed by atoms with Crippen LogP contribution in [0.15, 0.2) is 36.5 Å². The van der Waals surface area contributed by atoms with Crippen molar-refractivity contribution in [3.63, 3.8) is 0 Å². The van der Waals surface area contributed by atoms with Crippen LogP contribution in [0.25, 0.3) is 0 Å². The summed E-state index contributed by atoms with van der Waals surface area (Å²) in [4.78, 5) is 14.6. The average molecular weight is 473 g/mol. The van der Waals surface area contributed by atoms with Gasteiger partial charge in [-0.25, -0.2) is 0 Å². The first-order valence-corrected chi connectivity index (χ1v) is 11.3. The van der Waals surface area contributed by atoms with Gasteiger partial charge in [-0.1, -0.05) is 11.6 Å². The maximum Gasteiger partial charge on any atom is 0.238 e. The van der Waals surface area contributed by atoms with Crippen molar-refractivity contribution in [3.8, 4) is 5.75 Å². The zero-order chi connectivity index (χ0) is 23.4. The van der Waals surface area contributed by atoms with Crippen LogP contribution in [0.3, 0.4) is 0 Å². The fourth-order valence-corrected chi connectivity index (χ4v) is 3.99. The highest BCUT2D eigenvalue weighted by Crippen LogP contribution is 2.23. The van der Waals surface area contributed by atoms with E-state index in [-0.39, 0.29) is 12.0 Å². The Kier molecular flexibility index (Phi) is 7.32. The van der Waals surface area contributed by atoms with Crippen LogP contribution in [0.2, 0.25) is 5.02 Å². The summed E-state index contributed by atoms with van der Waals surface area (Å²) < 4.78 is 15.3. The fourth-order valence-electron chi connectivity index (χ4n) is 3.87. The summed E-state index contributed by atoms with van der Waals surface area (Å²) in [7, 11) is 3.76. The zero-order valence-corrected chi connectivity index (χ0v) is 19.9. The topological polar surface area (TPSA) is 86.4 Å². The number of ether oxygens (including phenoxy) is 2. The van der Waals surface area contributed by atoms with Crippen molar-refractivity contribution >= 4 is 23.2 Å². The van der Waals surface area contributed by atoms with Crippen LogP contribution in [-0.2, 0) is 30.0 Å². The summed E-state index contributed by atoms with van der Waals surface area (Å²) in [6, 6.07) is 9.38. The molecule has 1 atom stereocenters. The second-order valence-electron chi connectivity index (χ2n) is 8.18. The Morgan fingerprint density at radius 1 is 1.27 bits per heavy atom. The van der Waals surface area contributed by atoms with E-state index in [0.29, 0.717) is 37.9 Å². The highest BCUT2D eigenvalue weighted by atomic mass is 35.5. The number of carbonyl (C=O) groups is 1. The zero-order valence-electron chi connectivity index (χ0n) is 19.1. The number of morpholine rings is 1. The summed E-state index contributed by atoms with van der Waals surface area (Å²) in [5, 5.41) is 12.5. The number of rotatable bonds is 8. The third kappa shape index (κ3) is 6.13.